The van der Waals surface area contributed by atoms with Crippen molar-refractivity contribution in [3.8, 4) is 5.75 Å². The molecule has 0 spiro atoms. The number of halogens is 1. The Hall–Kier alpha value is -2.80. The number of anilines is 2. The molecule has 0 bridgehead atoms. The second-order valence-corrected chi connectivity index (χ2v) is 7.98. The summed E-state index contributed by atoms with van der Waals surface area (Å²) in [5.41, 5.74) is 3.58. The number of benzene rings is 2. The van der Waals surface area contributed by atoms with Crippen molar-refractivity contribution in [2.24, 2.45) is 0 Å². The van der Waals surface area contributed by atoms with E-state index >= 15 is 0 Å². The first-order chi connectivity index (χ1) is 14.5. The van der Waals surface area contributed by atoms with Crippen LogP contribution in [0.4, 0.5) is 11.4 Å². The molecule has 30 heavy (non-hydrogen) atoms. The number of aryl methyl sites for hydroxylation is 1. The molecule has 0 aromatic heterocycles. The van der Waals surface area contributed by atoms with Crippen LogP contribution in [0, 0.1) is 6.92 Å². The van der Waals surface area contributed by atoms with Gasteiger partial charge >= 0.3 is 5.97 Å². The minimum Gasteiger partial charge on any atom is -0.496 e. The number of methoxy groups -OCH3 is 1. The van der Waals surface area contributed by atoms with Gasteiger partial charge in [-0.05, 0) is 67.8 Å². The first kappa shape index (κ1) is 21.9. The van der Waals surface area contributed by atoms with E-state index in [0.717, 1.165) is 28.7 Å². The van der Waals surface area contributed by atoms with Gasteiger partial charge in [-0.15, -0.1) is 0 Å². The zero-order valence-electron chi connectivity index (χ0n) is 17.1. The summed E-state index contributed by atoms with van der Waals surface area (Å²) >= 11 is 3.38. The van der Waals surface area contributed by atoms with Crippen LogP contribution < -0.4 is 15.0 Å². The largest absolute Gasteiger partial charge is 0.496 e. The van der Waals surface area contributed by atoms with E-state index in [1.807, 2.05) is 31.2 Å². The molecule has 3 rings (SSSR count). The topological polar surface area (TPSA) is 67.9 Å². The molecule has 6 nitrogen and oxygen atoms in total. The maximum Gasteiger partial charge on any atom is 0.331 e. The number of hydrogen-bond donors (Lipinski definition) is 1. The molecule has 0 aliphatic carbocycles. The van der Waals surface area contributed by atoms with Gasteiger partial charge in [-0.25, -0.2) is 4.79 Å². The van der Waals surface area contributed by atoms with Crippen molar-refractivity contribution in [3.63, 3.8) is 0 Å². The fourth-order valence-electron chi connectivity index (χ4n) is 3.32. The van der Waals surface area contributed by atoms with E-state index in [-0.39, 0.29) is 12.5 Å². The molecule has 158 valence electrons. The normalized spacial score (nSPS) is 13.5. The highest BCUT2D eigenvalue weighted by Gasteiger charge is 2.14. The number of nitrogens with one attached hydrogen (secondary N) is 1. The third kappa shape index (κ3) is 5.86. The lowest BCUT2D eigenvalue weighted by Gasteiger charge is -2.19. The highest BCUT2D eigenvalue weighted by Crippen LogP contribution is 2.26. The van der Waals surface area contributed by atoms with Crippen LogP contribution in [-0.4, -0.2) is 38.7 Å². The number of hydrogen-bond acceptors (Lipinski definition) is 5. The zero-order chi connectivity index (χ0) is 21.5. The Balaban J connectivity index is 1.52. The quantitative estimate of drug-likeness (QED) is 0.472. The molecule has 1 amide bonds. The van der Waals surface area contributed by atoms with Crippen molar-refractivity contribution in [2.75, 3.05) is 37.0 Å². The molecule has 0 atom stereocenters. The fourth-order valence-corrected chi connectivity index (χ4v) is 3.70. The lowest BCUT2D eigenvalue weighted by Crippen LogP contribution is -2.21. The maximum atomic E-state index is 12.2. The first-order valence-corrected chi connectivity index (χ1v) is 10.6. The van der Waals surface area contributed by atoms with Crippen LogP contribution in [0.5, 0.6) is 5.75 Å². The summed E-state index contributed by atoms with van der Waals surface area (Å²) in [5.74, 6) is -0.352. The predicted molar refractivity (Wildman–Crippen MR) is 122 cm³/mol. The number of rotatable bonds is 7. The van der Waals surface area contributed by atoms with Crippen molar-refractivity contribution >= 4 is 45.3 Å². The summed E-state index contributed by atoms with van der Waals surface area (Å²) in [6, 6.07) is 11.4. The van der Waals surface area contributed by atoms with Crippen LogP contribution in [0.3, 0.4) is 0 Å². The van der Waals surface area contributed by atoms with Crippen LogP contribution in [0.25, 0.3) is 6.08 Å². The van der Waals surface area contributed by atoms with Gasteiger partial charge in [0, 0.05) is 40.6 Å². The van der Waals surface area contributed by atoms with Gasteiger partial charge in [-0.2, -0.15) is 0 Å². The monoisotopic (exact) mass is 472 g/mol. The summed E-state index contributed by atoms with van der Waals surface area (Å²) in [4.78, 5) is 26.5. The van der Waals surface area contributed by atoms with Crippen LogP contribution >= 0.6 is 15.9 Å². The maximum absolute atomic E-state index is 12.2. The van der Waals surface area contributed by atoms with Gasteiger partial charge in [-0.3, -0.25) is 4.79 Å². The Morgan fingerprint density at radius 3 is 2.63 bits per heavy atom. The average Bonchev–Trinajstić information content (AvgIpc) is 3.27. The van der Waals surface area contributed by atoms with Crippen LogP contribution in [0.15, 0.2) is 46.9 Å². The average molecular weight is 473 g/mol. The van der Waals surface area contributed by atoms with E-state index < -0.39 is 5.97 Å². The van der Waals surface area contributed by atoms with E-state index in [2.05, 4.69) is 32.2 Å². The van der Waals surface area contributed by atoms with Crippen LogP contribution in [0.1, 0.15) is 24.0 Å². The smallest absolute Gasteiger partial charge is 0.331 e. The minimum absolute atomic E-state index is 0.355. The van der Waals surface area contributed by atoms with Gasteiger partial charge in [0.1, 0.15) is 5.75 Å². The van der Waals surface area contributed by atoms with Gasteiger partial charge < -0.3 is 19.7 Å². The summed E-state index contributed by atoms with van der Waals surface area (Å²) in [7, 11) is 1.56. The van der Waals surface area contributed by atoms with Crippen molar-refractivity contribution < 1.29 is 19.1 Å². The highest BCUT2D eigenvalue weighted by molar-refractivity contribution is 9.10. The second kappa shape index (κ2) is 10.3. The summed E-state index contributed by atoms with van der Waals surface area (Å²) in [6.45, 7) is 3.74. The van der Waals surface area contributed by atoms with Crippen LogP contribution in [0.2, 0.25) is 0 Å². The molecule has 1 aliphatic heterocycles. The molecular formula is C23H25BrN2O4. The summed E-state index contributed by atoms with van der Waals surface area (Å²) in [5, 5.41) is 2.80. The number of ether oxygens (including phenoxy) is 2. The molecule has 7 heteroatoms. The lowest BCUT2D eigenvalue weighted by atomic mass is 10.1. The van der Waals surface area contributed by atoms with E-state index in [1.54, 1.807) is 19.3 Å². The third-order valence-electron chi connectivity index (χ3n) is 4.89. The highest BCUT2D eigenvalue weighted by atomic mass is 79.9. The molecule has 1 heterocycles. The Morgan fingerprint density at radius 1 is 1.17 bits per heavy atom. The Morgan fingerprint density at radius 2 is 1.93 bits per heavy atom. The second-order valence-electron chi connectivity index (χ2n) is 7.07. The van der Waals surface area contributed by atoms with E-state index in [1.165, 1.54) is 24.6 Å². The molecule has 2 aromatic carbocycles. The molecule has 0 saturated carbocycles. The molecular weight excluding hydrogens is 448 g/mol. The molecule has 1 aliphatic rings. The standard InChI is InChI=1S/C23H25BrN2O4/c1-16-13-19(26-11-3-4-12-26)7-8-20(16)25-22(27)15-30-23(28)10-5-17-14-18(24)6-9-21(17)29-2/h5-10,13-14H,3-4,11-12,15H2,1-2H3,(H,25,27)/b10-5+. The minimum atomic E-state index is -0.603. The molecule has 1 N–H and O–H groups in total. The zero-order valence-corrected chi connectivity index (χ0v) is 18.7. The Bertz CT molecular complexity index is 952. The molecule has 2 aromatic rings. The number of esters is 1. The molecule has 1 fully saturated rings. The fraction of sp³-hybridized carbons (Fsp3) is 0.304. The SMILES string of the molecule is COc1ccc(Br)cc1/C=C/C(=O)OCC(=O)Nc1ccc(N2CCCC2)cc1C. The summed E-state index contributed by atoms with van der Waals surface area (Å²) < 4.78 is 11.2. The molecule has 0 unspecified atom stereocenters. The number of carbonyl (C=O) groups excluding carboxylic acids is 2. The van der Waals surface area contributed by atoms with Crippen molar-refractivity contribution in [1.29, 1.82) is 0 Å². The van der Waals surface area contributed by atoms with E-state index in [9.17, 15) is 9.59 Å². The van der Waals surface area contributed by atoms with Gasteiger partial charge in [0.25, 0.3) is 5.91 Å². The van der Waals surface area contributed by atoms with E-state index in [4.69, 9.17) is 9.47 Å². The number of nitrogens with zero attached hydrogens (tertiary/aromatic N) is 1. The van der Waals surface area contributed by atoms with Gasteiger partial charge in [0.05, 0.1) is 7.11 Å². The Labute approximate surface area is 185 Å². The van der Waals surface area contributed by atoms with Crippen molar-refractivity contribution in [2.45, 2.75) is 19.8 Å². The first-order valence-electron chi connectivity index (χ1n) is 9.80. The molecule has 0 radical (unpaired) electrons. The third-order valence-corrected chi connectivity index (χ3v) is 5.38. The lowest BCUT2D eigenvalue weighted by molar-refractivity contribution is -0.142. The number of carbonyl (C=O) groups is 2. The van der Waals surface area contributed by atoms with Gasteiger partial charge in [-0.1, -0.05) is 15.9 Å². The predicted octanol–water partition coefficient (Wildman–Crippen LogP) is 4.56. The van der Waals surface area contributed by atoms with E-state index in [0.29, 0.717) is 11.4 Å². The van der Waals surface area contributed by atoms with Crippen molar-refractivity contribution in [3.05, 3.63) is 58.1 Å². The van der Waals surface area contributed by atoms with Crippen LogP contribution in [-0.2, 0) is 14.3 Å². The van der Waals surface area contributed by atoms with Gasteiger partial charge in [0.15, 0.2) is 6.61 Å². The summed E-state index contributed by atoms with van der Waals surface area (Å²) in [6.07, 6.45) is 5.29. The molecule has 1 saturated heterocycles. The number of amides is 1. The Kier molecular flexibility index (Phi) is 7.52. The van der Waals surface area contributed by atoms with Gasteiger partial charge in [0.2, 0.25) is 0 Å². The van der Waals surface area contributed by atoms with Crippen molar-refractivity contribution in [1.82, 2.24) is 0 Å².